The van der Waals surface area contributed by atoms with Gasteiger partial charge in [0.2, 0.25) is 5.91 Å². The number of nitrogens with zero attached hydrogens (tertiary/aromatic N) is 3. The van der Waals surface area contributed by atoms with Gasteiger partial charge in [0.15, 0.2) is 18.0 Å². The van der Waals surface area contributed by atoms with E-state index in [2.05, 4.69) is 9.88 Å². The quantitative estimate of drug-likeness (QED) is 0.686. The van der Waals surface area contributed by atoms with Crippen LogP contribution in [0, 0.1) is 0 Å². The molecule has 0 saturated carbocycles. The lowest BCUT2D eigenvalue weighted by Gasteiger charge is -2.35. The first-order valence-electron chi connectivity index (χ1n) is 9.29. The molecule has 1 fully saturated rings. The summed E-state index contributed by atoms with van der Waals surface area (Å²) in [7, 11) is 0. The average Bonchev–Trinajstić information content (AvgIpc) is 3.04. The van der Waals surface area contributed by atoms with Crippen LogP contribution in [0.1, 0.15) is 12.8 Å². The molecule has 4 rings (SSSR count). The van der Waals surface area contributed by atoms with Crippen molar-refractivity contribution in [1.82, 2.24) is 9.47 Å². The van der Waals surface area contributed by atoms with Gasteiger partial charge in [-0.1, -0.05) is 12.1 Å². The molecule has 1 aliphatic heterocycles. The van der Waals surface area contributed by atoms with Crippen molar-refractivity contribution in [2.75, 3.05) is 31.1 Å². The van der Waals surface area contributed by atoms with Crippen LogP contribution in [-0.4, -0.2) is 41.6 Å². The predicted molar refractivity (Wildman–Crippen MR) is 101 cm³/mol. The summed E-state index contributed by atoms with van der Waals surface area (Å²) >= 11 is 0. The minimum absolute atomic E-state index is 0.150. The molecule has 7 nitrogen and oxygen atoms in total. The number of nitrogens with one attached hydrogen (secondary N) is 1. The number of pyridine rings is 1. The highest BCUT2D eigenvalue weighted by atomic mass is 16.4. The molecule has 2 aromatic heterocycles. The van der Waals surface area contributed by atoms with Crippen LogP contribution in [0.4, 0.5) is 5.69 Å². The predicted octanol–water partition coefficient (Wildman–Crippen LogP) is 1.54. The number of amides is 1. The average molecular weight is 367 g/mol. The fourth-order valence-corrected chi connectivity index (χ4v) is 3.58. The number of carbonyl (C=O) groups is 1. The Hall–Kier alpha value is -3.09. The number of hydrogen-bond donors (Lipinski definition) is 0. The Labute approximate surface area is 156 Å². The van der Waals surface area contributed by atoms with Gasteiger partial charge in [-0.05, 0) is 18.6 Å². The minimum Gasteiger partial charge on any atom is -0.408 e. The number of H-pyrrole nitrogens is 1. The molecular weight excluding hydrogens is 344 g/mol. The highest BCUT2D eigenvalue weighted by molar-refractivity contribution is 5.76. The molecule has 140 valence electrons. The number of hydrogen-bond acceptors (Lipinski definition) is 4. The molecule has 1 aromatic carbocycles. The van der Waals surface area contributed by atoms with Crippen molar-refractivity contribution in [2.24, 2.45) is 0 Å². The van der Waals surface area contributed by atoms with Gasteiger partial charge in [-0.3, -0.25) is 9.36 Å². The number of para-hydroxylation sites is 2. The van der Waals surface area contributed by atoms with Crippen LogP contribution in [0.3, 0.4) is 0 Å². The number of piperazine rings is 1. The SMILES string of the molecule is O=C(CCCn1c(=O)oc2ccccc21)N1CCN(c2cc[nH+]cc2)CC1. The van der Waals surface area contributed by atoms with E-state index >= 15 is 0 Å². The summed E-state index contributed by atoms with van der Waals surface area (Å²) in [6.45, 7) is 3.61. The second kappa shape index (κ2) is 7.65. The number of aryl methyl sites for hydroxylation is 1. The summed E-state index contributed by atoms with van der Waals surface area (Å²) < 4.78 is 6.84. The molecule has 27 heavy (non-hydrogen) atoms. The third-order valence-corrected chi connectivity index (χ3v) is 5.04. The van der Waals surface area contributed by atoms with Crippen molar-refractivity contribution in [3.05, 3.63) is 59.3 Å². The third kappa shape index (κ3) is 3.72. The van der Waals surface area contributed by atoms with Gasteiger partial charge >= 0.3 is 5.76 Å². The lowest BCUT2D eigenvalue weighted by molar-refractivity contribution is -0.377. The monoisotopic (exact) mass is 367 g/mol. The van der Waals surface area contributed by atoms with E-state index < -0.39 is 0 Å². The molecule has 0 radical (unpaired) electrons. The highest BCUT2D eigenvalue weighted by Crippen LogP contribution is 2.16. The zero-order valence-electron chi connectivity index (χ0n) is 15.1. The molecule has 3 aromatic rings. The molecule has 1 N–H and O–H groups in total. The summed E-state index contributed by atoms with van der Waals surface area (Å²) in [6, 6.07) is 11.5. The van der Waals surface area contributed by atoms with Gasteiger partial charge in [0.25, 0.3) is 0 Å². The number of fused-ring (bicyclic) bond motifs is 1. The van der Waals surface area contributed by atoms with Crippen molar-refractivity contribution in [3.8, 4) is 0 Å². The number of anilines is 1. The molecule has 0 spiro atoms. The standard InChI is InChI=1S/C20H22N4O3/c25-19(23-14-12-22(13-15-23)16-7-9-21-10-8-16)6-3-11-24-17-4-1-2-5-18(17)27-20(24)26/h1-2,4-5,7-10H,3,6,11-15H2/p+1. The van der Waals surface area contributed by atoms with E-state index in [1.54, 1.807) is 10.6 Å². The smallest absolute Gasteiger partial charge is 0.408 e. The van der Waals surface area contributed by atoms with E-state index in [9.17, 15) is 9.59 Å². The van der Waals surface area contributed by atoms with Crippen molar-refractivity contribution in [3.63, 3.8) is 0 Å². The molecule has 1 amide bonds. The molecule has 0 unspecified atom stereocenters. The zero-order valence-corrected chi connectivity index (χ0v) is 15.1. The Bertz CT molecular complexity index is 972. The van der Waals surface area contributed by atoms with E-state index in [0.717, 1.165) is 31.7 Å². The lowest BCUT2D eigenvalue weighted by Crippen LogP contribution is -2.48. The number of oxazole rings is 1. The van der Waals surface area contributed by atoms with Crippen molar-refractivity contribution < 1.29 is 14.2 Å². The second-order valence-electron chi connectivity index (χ2n) is 6.72. The summed E-state index contributed by atoms with van der Waals surface area (Å²) in [5, 5.41) is 0. The Morgan fingerprint density at radius 3 is 2.56 bits per heavy atom. The molecule has 0 atom stereocenters. The van der Waals surface area contributed by atoms with Crippen LogP contribution in [0.2, 0.25) is 0 Å². The minimum atomic E-state index is -0.364. The zero-order chi connectivity index (χ0) is 18.6. The number of rotatable bonds is 5. The lowest BCUT2D eigenvalue weighted by atomic mass is 10.2. The van der Waals surface area contributed by atoms with Crippen LogP contribution in [0.5, 0.6) is 0 Å². The molecule has 0 aliphatic carbocycles. The molecular formula is C20H23N4O3+. The van der Waals surface area contributed by atoms with Crippen molar-refractivity contribution in [2.45, 2.75) is 19.4 Å². The van der Waals surface area contributed by atoms with Gasteiger partial charge in [0, 0.05) is 57.0 Å². The maximum Gasteiger partial charge on any atom is 0.419 e. The summed E-state index contributed by atoms with van der Waals surface area (Å²) in [4.78, 5) is 31.7. The first-order valence-corrected chi connectivity index (χ1v) is 9.29. The maximum atomic E-state index is 12.5. The largest absolute Gasteiger partial charge is 0.419 e. The van der Waals surface area contributed by atoms with Gasteiger partial charge in [0.05, 0.1) is 5.52 Å². The van der Waals surface area contributed by atoms with E-state index in [-0.39, 0.29) is 11.7 Å². The normalized spacial score (nSPS) is 14.7. The van der Waals surface area contributed by atoms with E-state index in [0.29, 0.717) is 25.0 Å². The van der Waals surface area contributed by atoms with Gasteiger partial charge in [-0.25, -0.2) is 9.78 Å². The Morgan fingerprint density at radius 1 is 1.04 bits per heavy atom. The number of aromatic nitrogens is 2. The Morgan fingerprint density at radius 2 is 1.78 bits per heavy atom. The third-order valence-electron chi connectivity index (χ3n) is 5.04. The highest BCUT2D eigenvalue weighted by Gasteiger charge is 2.21. The van der Waals surface area contributed by atoms with E-state index in [1.165, 1.54) is 5.69 Å². The molecule has 0 bridgehead atoms. The first-order chi connectivity index (χ1) is 13.2. The summed E-state index contributed by atoms with van der Waals surface area (Å²) in [5.41, 5.74) is 2.54. The van der Waals surface area contributed by atoms with Crippen LogP contribution >= 0.6 is 0 Å². The first kappa shape index (κ1) is 17.3. The molecule has 1 saturated heterocycles. The van der Waals surface area contributed by atoms with Gasteiger partial charge in [0.1, 0.15) is 0 Å². The van der Waals surface area contributed by atoms with Crippen LogP contribution in [-0.2, 0) is 11.3 Å². The Kier molecular flexibility index (Phi) is 4.91. The second-order valence-corrected chi connectivity index (χ2v) is 6.72. The van der Waals surface area contributed by atoms with Crippen molar-refractivity contribution in [1.29, 1.82) is 0 Å². The molecule has 1 aliphatic rings. The van der Waals surface area contributed by atoms with Crippen LogP contribution in [0.15, 0.2) is 58.0 Å². The van der Waals surface area contributed by atoms with Crippen LogP contribution < -0.4 is 15.6 Å². The van der Waals surface area contributed by atoms with Gasteiger partial charge in [-0.2, -0.15) is 0 Å². The fraction of sp³-hybridized carbons (Fsp3) is 0.350. The van der Waals surface area contributed by atoms with Crippen molar-refractivity contribution >= 4 is 22.7 Å². The number of aromatic amines is 1. The molecule has 7 heteroatoms. The van der Waals surface area contributed by atoms with Gasteiger partial charge < -0.3 is 14.2 Å². The summed E-state index contributed by atoms with van der Waals surface area (Å²) in [5.74, 6) is -0.214. The van der Waals surface area contributed by atoms with E-state index in [4.69, 9.17) is 4.42 Å². The Balaban J connectivity index is 1.29. The summed E-state index contributed by atoms with van der Waals surface area (Å²) in [6.07, 6.45) is 4.88. The van der Waals surface area contributed by atoms with Gasteiger partial charge in [-0.15, -0.1) is 0 Å². The van der Waals surface area contributed by atoms with E-state index in [1.807, 2.05) is 47.6 Å². The fourth-order valence-electron chi connectivity index (χ4n) is 3.58. The number of carbonyl (C=O) groups excluding carboxylic acids is 1. The number of benzene rings is 1. The molecule has 3 heterocycles. The van der Waals surface area contributed by atoms with Crippen LogP contribution in [0.25, 0.3) is 11.1 Å². The maximum absolute atomic E-state index is 12.5. The topological polar surface area (TPSA) is 72.8 Å².